The van der Waals surface area contributed by atoms with Gasteiger partial charge in [-0.1, -0.05) is 29.8 Å². The third-order valence-corrected chi connectivity index (χ3v) is 5.05. The van der Waals surface area contributed by atoms with E-state index in [0.29, 0.717) is 33.5 Å². The molecular weight excluding hydrogens is 404 g/mol. The second-order valence-corrected chi connectivity index (χ2v) is 7.26. The summed E-state index contributed by atoms with van der Waals surface area (Å²) < 4.78 is 11.3. The summed E-state index contributed by atoms with van der Waals surface area (Å²) in [5.41, 5.74) is 2.56. The van der Waals surface area contributed by atoms with Crippen LogP contribution in [0, 0.1) is 6.92 Å². The van der Waals surface area contributed by atoms with E-state index in [9.17, 15) is 9.59 Å². The Morgan fingerprint density at radius 3 is 2.37 bits per heavy atom. The normalized spacial score (nSPS) is 14.7. The summed E-state index contributed by atoms with van der Waals surface area (Å²) >= 11 is 6.09. The van der Waals surface area contributed by atoms with E-state index in [-0.39, 0.29) is 18.4 Å². The Morgan fingerprint density at radius 2 is 1.63 bits per heavy atom. The molecule has 3 aromatic rings. The Kier molecular flexibility index (Phi) is 5.59. The molecule has 0 radical (unpaired) electrons. The van der Waals surface area contributed by atoms with Gasteiger partial charge in [0.05, 0.1) is 0 Å². The lowest BCUT2D eigenvalue weighted by molar-refractivity contribution is -0.125. The number of amides is 2. The highest BCUT2D eigenvalue weighted by atomic mass is 35.5. The molecule has 0 saturated carbocycles. The molecule has 0 fully saturated rings. The molecule has 0 saturated heterocycles. The van der Waals surface area contributed by atoms with Gasteiger partial charge in [0, 0.05) is 22.0 Å². The molecule has 3 aromatic carbocycles. The first kappa shape index (κ1) is 19.8. The number of carbonyl (C=O) groups is 2. The van der Waals surface area contributed by atoms with E-state index in [1.807, 2.05) is 25.1 Å². The predicted molar refractivity (Wildman–Crippen MR) is 116 cm³/mol. The minimum Gasteiger partial charge on any atom is -0.485 e. The molecule has 0 bridgehead atoms. The molecule has 1 atom stereocenters. The van der Waals surface area contributed by atoms with Crippen molar-refractivity contribution in [2.75, 3.05) is 17.2 Å². The summed E-state index contributed by atoms with van der Waals surface area (Å²) in [4.78, 5) is 24.9. The standard InChI is InChI=1S/C23H19ClN2O4/c1-14-6-9-17(12-18(14)24)26-22(27)15-7-10-16(11-8-15)25-23(28)21-13-29-19-4-2-3-5-20(19)30-21/h2-12,21H,13H2,1H3,(H,25,28)(H,26,27)/t21-/m1/s1. The lowest BCUT2D eigenvalue weighted by atomic mass is 10.1. The molecule has 30 heavy (non-hydrogen) atoms. The Hall–Kier alpha value is -3.51. The maximum atomic E-state index is 12.5. The molecule has 1 aliphatic heterocycles. The molecule has 2 N–H and O–H groups in total. The summed E-state index contributed by atoms with van der Waals surface area (Å²) in [5, 5.41) is 6.16. The number of rotatable bonds is 4. The van der Waals surface area contributed by atoms with Gasteiger partial charge in [-0.25, -0.2) is 0 Å². The monoisotopic (exact) mass is 422 g/mol. The van der Waals surface area contributed by atoms with Gasteiger partial charge in [0.1, 0.15) is 6.61 Å². The number of carbonyl (C=O) groups excluding carboxylic acids is 2. The largest absolute Gasteiger partial charge is 0.485 e. The maximum Gasteiger partial charge on any atom is 0.269 e. The fourth-order valence-electron chi connectivity index (χ4n) is 2.95. The van der Waals surface area contributed by atoms with Crippen LogP contribution in [0.5, 0.6) is 11.5 Å². The summed E-state index contributed by atoms with van der Waals surface area (Å²) in [6.45, 7) is 2.02. The Balaban J connectivity index is 1.37. The Bertz CT molecular complexity index is 1100. The van der Waals surface area contributed by atoms with Crippen molar-refractivity contribution in [3.05, 3.63) is 82.9 Å². The first-order valence-electron chi connectivity index (χ1n) is 9.36. The number of para-hydroxylation sites is 2. The molecule has 0 spiro atoms. The number of nitrogens with one attached hydrogen (secondary N) is 2. The lowest BCUT2D eigenvalue weighted by Crippen LogP contribution is -2.40. The van der Waals surface area contributed by atoms with Crippen molar-refractivity contribution in [3.8, 4) is 11.5 Å². The number of hydrogen-bond donors (Lipinski definition) is 2. The highest BCUT2D eigenvalue weighted by Gasteiger charge is 2.27. The van der Waals surface area contributed by atoms with Gasteiger partial charge in [0.25, 0.3) is 11.8 Å². The highest BCUT2D eigenvalue weighted by molar-refractivity contribution is 6.31. The van der Waals surface area contributed by atoms with Crippen LogP contribution in [0.15, 0.2) is 66.7 Å². The number of halogens is 1. The first-order chi connectivity index (χ1) is 14.5. The van der Waals surface area contributed by atoms with Crippen LogP contribution in [0.4, 0.5) is 11.4 Å². The van der Waals surface area contributed by atoms with Crippen molar-refractivity contribution in [2.24, 2.45) is 0 Å². The topological polar surface area (TPSA) is 76.7 Å². The van der Waals surface area contributed by atoms with Crippen molar-refractivity contribution in [1.29, 1.82) is 0 Å². The fraction of sp³-hybridized carbons (Fsp3) is 0.130. The zero-order valence-corrected chi connectivity index (χ0v) is 16.9. The van der Waals surface area contributed by atoms with Crippen LogP contribution in [0.1, 0.15) is 15.9 Å². The molecule has 2 amide bonds. The zero-order chi connectivity index (χ0) is 21.1. The van der Waals surface area contributed by atoms with Crippen molar-refractivity contribution in [1.82, 2.24) is 0 Å². The highest BCUT2D eigenvalue weighted by Crippen LogP contribution is 2.31. The third kappa shape index (κ3) is 4.39. The number of ether oxygens (including phenoxy) is 2. The molecule has 7 heteroatoms. The van der Waals surface area contributed by atoms with E-state index in [2.05, 4.69) is 10.6 Å². The van der Waals surface area contributed by atoms with Gasteiger partial charge in [0.2, 0.25) is 6.10 Å². The van der Waals surface area contributed by atoms with E-state index in [1.54, 1.807) is 48.5 Å². The van der Waals surface area contributed by atoms with Crippen molar-refractivity contribution >= 4 is 34.8 Å². The molecule has 6 nitrogen and oxygen atoms in total. The smallest absolute Gasteiger partial charge is 0.269 e. The molecule has 1 aliphatic rings. The van der Waals surface area contributed by atoms with Crippen LogP contribution in [-0.2, 0) is 4.79 Å². The van der Waals surface area contributed by atoms with Gasteiger partial charge in [0.15, 0.2) is 11.5 Å². The minimum absolute atomic E-state index is 0.127. The Morgan fingerprint density at radius 1 is 0.933 bits per heavy atom. The number of hydrogen-bond acceptors (Lipinski definition) is 4. The first-order valence-corrected chi connectivity index (χ1v) is 9.74. The third-order valence-electron chi connectivity index (χ3n) is 4.65. The van der Waals surface area contributed by atoms with Crippen molar-refractivity contribution in [3.63, 3.8) is 0 Å². The van der Waals surface area contributed by atoms with Gasteiger partial charge in [-0.05, 0) is 61.0 Å². The molecule has 0 unspecified atom stereocenters. The molecule has 0 aromatic heterocycles. The van der Waals surface area contributed by atoms with E-state index < -0.39 is 6.10 Å². The van der Waals surface area contributed by atoms with Crippen LogP contribution in [0.25, 0.3) is 0 Å². The summed E-state index contributed by atoms with van der Waals surface area (Å²) in [6.07, 6.45) is -0.755. The van der Waals surface area contributed by atoms with E-state index in [4.69, 9.17) is 21.1 Å². The molecular formula is C23H19ClN2O4. The van der Waals surface area contributed by atoms with Crippen LogP contribution < -0.4 is 20.1 Å². The average molecular weight is 423 g/mol. The van der Waals surface area contributed by atoms with Gasteiger partial charge < -0.3 is 20.1 Å². The summed E-state index contributed by atoms with van der Waals surface area (Å²) in [5.74, 6) is 0.559. The van der Waals surface area contributed by atoms with Crippen LogP contribution in [-0.4, -0.2) is 24.5 Å². The number of fused-ring (bicyclic) bond motifs is 1. The SMILES string of the molecule is Cc1ccc(NC(=O)c2ccc(NC(=O)[C@H]3COc4ccccc4O3)cc2)cc1Cl. The lowest BCUT2D eigenvalue weighted by Gasteiger charge is -2.25. The van der Waals surface area contributed by atoms with Gasteiger partial charge >= 0.3 is 0 Å². The molecule has 1 heterocycles. The second-order valence-electron chi connectivity index (χ2n) is 6.85. The van der Waals surface area contributed by atoms with Gasteiger partial charge in [-0.2, -0.15) is 0 Å². The number of benzene rings is 3. The average Bonchev–Trinajstić information content (AvgIpc) is 2.76. The number of aryl methyl sites for hydroxylation is 1. The van der Waals surface area contributed by atoms with Gasteiger partial charge in [-0.3, -0.25) is 9.59 Å². The van der Waals surface area contributed by atoms with E-state index >= 15 is 0 Å². The van der Waals surface area contributed by atoms with Crippen LogP contribution >= 0.6 is 11.6 Å². The van der Waals surface area contributed by atoms with Crippen molar-refractivity contribution < 1.29 is 19.1 Å². The van der Waals surface area contributed by atoms with E-state index in [1.165, 1.54) is 0 Å². The van der Waals surface area contributed by atoms with Crippen LogP contribution in [0.2, 0.25) is 5.02 Å². The molecule has 4 rings (SSSR count). The summed E-state index contributed by atoms with van der Waals surface area (Å²) in [7, 11) is 0. The quantitative estimate of drug-likeness (QED) is 0.640. The minimum atomic E-state index is -0.755. The van der Waals surface area contributed by atoms with E-state index in [0.717, 1.165) is 5.56 Å². The molecule has 0 aliphatic carbocycles. The second kappa shape index (κ2) is 8.47. The van der Waals surface area contributed by atoms with Crippen LogP contribution in [0.3, 0.4) is 0 Å². The Labute approximate surface area is 178 Å². The zero-order valence-electron chi connectivity index (χ0n) is 16.1. The van der Waals surface area contributed by atoms with Gasteiger partial charge in [-0.15, -0.1) is 0 Å². The maximum absolute atomic E-state index is 12.5. The molecule has 152 valence electrons. The predicted octanol–water partition coefficient (Wildman–Crippen LogP) is 4.68. The summed E-state index contributed by atoms with van der Waals surface area (Å²) in [6, 6.07) is 19.1. The van der Waals surface area contributed by atoms with Crippen molar-refractivity contribution in [2.45, 2.75) is 13.0 Å². The number of anilines is 2. The fourth-order valence-corrected chi connectivity index (χ4v) is 3.13.